The summed E-state index contributed by atoms with van der Waals surface area (Å²) in [5.74, 6) is 0.853. The Bertz CT molecular complexity index is 890. The van der Waals surface area contributed by atoms with Gasteiger partial charge < -0.3 is 14.6 Å². The van der Waals surface area contributed by atoms with E-state index in [0.29, 0.717) is 6.54 Å². The Hall–Kier alpha value is -1.20. The average Bonchev–Trinajstić information content (AvgIpc) is 3.16. The second-order valence-corrected chi connectivity index (χ2v) is 7.71. The maximum absolute atomic E-state index is 4.72. The highest BCUT2D eigenvalue weighted by atomic mass is 127. The Morgan fingerprint density at radius 2 is 2.12 bits per heavy atom. The summed E-state index contributed by atoms with van der Waals surface area (Å²) in [6.45, 7) is 6.17. The summed E-state index contributed by atoms with van der Waals surface area (Å²) in [5, 5.41) is 6.51. The van der Waals surface area contributed by atoms with Crippen molar-refractivity contribution < 1.29 is 0 Å². The molecule has 6 nitrogen and oxygen atoms in total. The fraction of sp³-hybridized carbons (Fsp3) is 0.353. The molecule has 1 N–H and O–H groups in total. The summed E-state index contributed by atoms with van der Waals surface area (Å²) in [4.78, 5) is 15.9. The second-order valence-electron chi connectivity index (χ2n) is 5.73. The van der Waals surface area contributed by atoms with Crippen LogP contribution >= 0.6 is 51.2 Å². The lowest BCUT2D eigenvalue weighted by Crippen LogP contribution is -2.38. The fourth-order valence-electron chi connectivity index (χ4n) is 2.52. The van der Waals surface area contributed by atoms with Crippen LogP contribution in [-0.2, 0) is 13.1 Å². The van der Waals surface area contributed by atoms with E-state index < -0.39 is 0 Å². The minimum Gasteiger partial charge on any atom is -0.357 e. The number of hydrogen-bond acceptors (Lipinski definition) is 4. The zero-order valence-electron chi connectivity index (χ0n) is 14.9. The maximum atomic E-state index is 4.72. The van der Waals surface area contributed by atoms with Crippen LogP contribution in [0.4, 0.5) is 0 Å². The number of imidazole rings is 1. The van der Waals surface area contributed by atoms with Crippen LogP contribution in [0.25, 0.3) is 5.65 Å². The molecule has 0 aromatic carbocycles. The van der Waals surface area contributed by atoms with Crippen molar-refractivity contribution in [1.82, 2.24) is 24.6 Å². The van der Waals surface area contributed by atoms with Crippen molar-refractivity contribution in [3.05, 3.63) is 50.8 Å². The van der Waals surface area contributed by atoms with Gasteiger partial charge in [-0.15, -0.1) is 35.3 Å². The highest BCUT2D eigenvalue weighted by Gasteiger charge is 2.09. The van der Waals surface area contributed by atoms with Crippen LogP contribution in [0.15, 0.2) is 39.4 Å². The maximum Gasteiger partial charge on any atom is 0.194 e. The number of thiazole rings is 1. The molecule has 3 aromatic rings. The molecule has 3 rings (SSSR count). The van der Waals surface area contributed by atoms with Gasteiger partial charge in [-0.05, 0) is 41.9 Å². The van der Waals surface area contributed by atoms with Crippen LogP contribution < -0.4 is 5.32 Å². The predicted octanol–water partition coefficient (Wildman–Crippen LogP) is 4.08. The van der Waals surface area contributed by atoms with Crippen LogP contribution in [0.3, 0.4) is 0 Å². The Labute approximate surface area is 182 Å². The first-order valence-electron chi connectivity index (χ1n) is 8.08. The number of nitrogens with one attached hydrogen (secondary N) is 1. The third-order valence-corrected chi connectivity index (χ3v) is 4.91. The molecule has 140 valence electrons. The van der Waals surface area contributed by atoms with E-state index in [9.17, 15) is 0 Å². The number of aliphatic imine (C=N–C) groups is 1. The smallest absolute Gasteiger partial charge is 0.194 e. The number of rotatable bonds is 5. The van der Waals surface area contributed by atoms with E-state index >= 15 is 0 Å². The summed E-state index contributed by atoms with van der Waals surface area (Å²) < 4.78 is 3.03. The topological polar surface area (TPSA) is 57.8 Å². The lowest BCUT2D eigenvalue weighted by molar-refractivity contribution is 0.470. The van der Waals surface area contributed by atoms with E-state index in [2.05, 4.69) is 48.4 Å². The van der Waals surface area contributed by atoms with Gasteiger partial charge in [0.25, 0.3) is 0 Å². The van der Waals surface area contributed by atoms with Crippen molar-refractivity contribution in [2.45, 2.75) is 26.9 Å². The largest absolute Gasteiger partial charge is 0.357 e. The van der Waals surface area contributed by atoms with Crippen molar-refractivity contribution in [3.63, 3.8) is 0 Å². The van der Waals surface area contributed by atoms with E-state index in [0.717, 1.165) is 45.6 Å². The lowest BCUT2D eigenvalue weighted by Gasteiger charge is -2.21. The molecule has 0 atom stereocenters. The van der Waals surface area contributed by atoms with Crippen molar-refractivity contribution in [3.8, 4) is 0 Å². The Morgan fingerprint density at radius 1 is 1.31 bits per heavy atom. The van der Waals surface area contributed by atoms with Gasteiger partial charge in [0, 0.05) is 35.8 Å². The third-order valence-electron chi connectivity index (χ3n) is 3.62. The number of nitrogens with zero attached hydrogens (tertiary/aromatic N) is 5. The molecule has 0 aliphatic rings. The van der Waals surface area contributed by atoms with Gasteiger partial charge in [-0.2, -0.15) is 0 Å². The predicted molar refractivity (Wildman–Crippen MR) is 121 cm³/mol. The first kappa shape index (κ1) is 21.1. The second kappa shape index (κ2) is 9.65. The zero-order chi connectivity index (χ0) is 17.8. The minimum atomic E-state index is 0. The lowest BCUT2D eigenvalue weighted by atomic mass is 10.4. The van der Waals surface area contributed by atoms with E-state index in [1.54, 1.807) is 11.3 Å². The number of fused-ring (bicyclic) bond motifs is 1. The standard InChI is InChI=1S/C17H21BrN6S.HI/c1-4-19-17(23(3)9-15-11-25-12(2)21-15)20-7-14-10-24-8-13(18)5-6-16(24)22-14;/h5-6,8,10-11H,4,7,9H2,1-3H3,(H,19,20);1H. The highest BCUT2D eigenvalue weighted by Crippen LogP contribution is 2.13. The van der Waals surface area contributed by atoms with Gasteiger partial charge in [-0.25, -0.2) is 15.0 Å². The van der Waals surface area contributed by atoms with Gasteiger partial charge in [0.2, 0.25) is 0 Å². The third kappa shape index (κ3) is 5.40. The van der Waals surface area contributed by atoms with Crippen molar-refractivity contribution in [2.24, 2.45) is 4.99 Å². The van der Waals surface area contributed by atoms with Crippen LogP contribution in [0.1, 0.15) is 23.3 Å². The Morgan fingerprint density at radius 3 is 2.81 bits per heavy atom. The number of aryl methyl sites for hydroxylation is 1. The minimum absolute atomic E-state index is 0. The molecule has 0 radical (unpaired) electrons. The average molecular weight is 549 g/mol. The Kier molecular flexibility index (Phi) is 7.84. The molecular weight excluding hydrogens is 527 g/mol. The molecule has 3 aromatic heterocycles. The van der Waals surface area contributed by atoms with E-state index in [-0.39, 0.29) is 24.0 Å². The van der Waals surface area contributed by atoms with Gasteiger partial charge in [0.05, 0.1) is 29.5 Å². The van der Waals surface area contributed by atoms with Crippen LogP contribution in [0, 0.1) is 6.92 Å². The van der Waals surface area contributed by atoms with Gasteiger partial charge in [0.15, 0.2) is 5.96 Å². The molecule has 0 spiro atoms. The van der Waals surface area contributed by atoms with Crippen LogP contribution in [0.5, 0.6) is 0 Å². The number of hydrogen-bond donors (Lipinski definition) is 1. The van der Waals surface area contributed by atoms with Gasteiger partial charge in [0.1, 0.15) is 5.65 Å². The molecule has 0 saturated heterocycles. The summed E-state index contributed by atoms with van der Waals surface area (Å²) in [6.07, 6.45) is 4.01. The Balaban J connectivity index is 0.00000243. The first-order valence-corrected chi connectivity index (χ1v) is 9.76. The molecule has 26 heavy (non-hydrogen) atoms. The molecule has 3 heterocycles. The molecular formula is C17H22BrIN6S. The summed E-state index contributed by atoms with van der Waals surface area (Å²) in [6, 6.07) is 3.97. The molecule has 0 fully saturated rings. The highest BCUT2D eigenvalue weighted by molar-refractivity contribution is 14.0. The molecule has 0 saturated carbocycles. The van der Waals surface area contributed by atoms with E-state index in [1.165, 1.54) is 0 Å². The van der Waals surface area contributed by atoms with Crippen LogP contribution in [0.2, 0.25) is 0 Å². The summed E-state index contributed by atoms with van der Waals surface area (Å²) in [7, 11) is 2.02. The number of guanidine groups is 1. The quantitative estimate of drug-likeness (QED) is 0.296. The number of pyridine rings is 1. The van der Waals surface area contributed by atoms with Crippen molar-refractivity contribution in [2.75, 3.05) is 13.6 Å². The van der Waals surface area contributed by atoms with Gasteiger partial charge in [-0.1, -0.05) is 0 Å². The SMILES string of the molecule is CCNC(=NCc1cn2cc(Br)ccc2n1)N(C)Cc1csc(C)n1.I. The zero-order valence-corrected chi connectivity index (χ0v) is 19.7. The van der Waals surface area contributed by atoms with Gasteiger partial charge >= 0.3 is 0 Å². The number of halogens is 2. The molecule has 9 heteroatoms. The van der Waals surface area contributed by atoms with E-state index in [4.69, 9.17) is 4.99 Å². The van der Waals surface area contributed by atoms with Crippen molar-refractivity contribution >= 4 is 62.9 Å². The fourth-order valence-corrected chi connectivity index (χ4v) is 3.47. The molecule has 0 aliphatic heterocycles. The van der Waals surface area contributed by atoms with E-state index in [1.807, 2.05) is 42.9 Å². The van der Waals surface area contributed by atoms with Crippen LogP contribution in [-0.4, -0.2) is 38.8 Å². The monoisotopic (exact) mass is 548 g/mol. The molecule has 0 aliphatic carbocycles. The number of aromatic nitrogens is 3. The van der Waals surface area contributed by atoms with Crippen molar-refractivity contribution in [1.29, 1.82) is 0 Å². The molecule has 0 amide bonds. The molecule has 0 bridgehead atoms. The summed E-state index contributed by atoms with van der Waals surface area (Å²) >= 11 is 5.15. The van der Waals surface area contributed by atoms with Gasteiger partial charge in [-0.3, -0.25) is 0 Å². The molecule has 0 unspecified atom stereocenters. The summed E-state index contributed by atoms with van der Waals surface area (Å²) in [5.41, 5.74) is 2.92. The normalized spacial score (nSPS) is 11.5. The first-order chi connectivity index (χ1) is 12.0.